The third-order valence-corrected chi connectivity index (χ3v) is 7.02. The summed E-state index contributed by atoms with van der Waals surface area (Å²) < 4.78 is 2.87. The van der Waals surface area contributed by atoms with Gasteiger partial charge >= 0.3 is 0 Å². The van der Waals surface area contributed by atoms with Crippen LogP contribution in [0.25, 0.3) is 20.2 Å². The van der Waals surface area contributed by atoms with Crippen molar-refractivity contribution in [1.29, 1.82) is 0 Å². The second-order valence-corrected chi connectivity index (χ2v) is 7.66. The number of rotatable bonds is 0. The van der Waals surface area contributed by atoms with Gasteiger partial charge in [-0.3, -0.25) is 0 Å². The fraction of sp³-hybridized carbons (Fsp3) is 0.364. The maximum atomic E-state index is 3.33. The van der Waals surface area contributed by atoms with Crippen molar-refractivity contribution >= 4 is 31.5 Å². The molecule has 0 aliphatic heterocycles. The number of hydrogen-bond acceptors (Lipinski definition) is 1. The van der Waals surface area contributed by atoms with Gasteiger partial charge in [0.1, 0.15) is 0 Å². The summed E-state index contributed by atoms with van der Waals surface area (Å²) in [5, 5.41) is 2.91. The average molecular weight is 321 g/mol. The molecular formula is C22H24S. The molecule has 3 rings (SSSR count). The Balaban J connectivity index is 2.69. The monoisotopic (exact) mass is 320 g/mol. The van der Waals surface area contributed by atoms with E-state index in [-0.39, 0.29) is 0 Å². The highest BCUT2D eigenvalue weighted by molar-refractivity contribution is 7.26. The molecule has 0 atom stereocenters. The van der Waals surface area contributed by atoms with Gasteiger partial charge in [-0.05, 0) is 94.3 Å². The van der Waals surface area contributed by atoms with E-state index >= 15 is 0 Å². The molecule has 0 radical (unpaired) electrons. The minimum Gasteiger partial charge on any atom is -0.135 e. The number of aryl methyl sites for hydroxylation is 4. The van der Waals surface area contributed by atoms with Crippen molar-refractivity contribution in [3.8, 4) is 11.8 Å². The van der Waals surface area contributed by atoms with E-state index in [4.69, 9.17) is 0 Å². The van der Waals surface area contributed by atoms with Crippen LogP contribution in [-0.2, 0) is 0 Å². The Labute approximate surface area is 143 Å². The Hall–Kier alpha value is -1.78. The quantitative estimate of drug-likeness (QED) is 0.410. The molecule has 0 nitrogen and oxygen atoms in total. The van der Waals surface area contributed by atoms with Crippen LogP contribution in [0.2, 0.25) is 0 Å². The van der Waals surface area contributed by atoms with Crippen LogP contribution in [0.3, 0.4) is 0 Å². The molecule has 0 aliphatic rings. The van der Waals surface area contributed by atoms with Crippen molar-refractivity contribution in [3.05, 3.63) is 44.5 Å². The molecule has 0 N–H and O–H groups in total. The lowest BCUT2D eigenvalue weighted by molar-refractivity contribution is 1.26. The van der Waals surface area contributed by atoms with Crippen molar-refractivity contribution in [2.24, 2.45) is 0 Å². The van der Waals surface area contributed by atoms with Crippen molar-refractivity contribution in [3.63, 3.8) is 0 Å². The molecule has 0 bridgehead atoms. The molecule has 0 saturated carbocycles. The molecule has 2 aromatic carbocycles. The highest BCUT2D eigenvalue weighted by Crippen LogP contribution is 2.44. The number of hydrogen-bond donors (Lipinski definition) is 0. The number of benzene rings is 2. The molecule has 118 valence electrons. The predicted octanol–water partition coefficient (Wildman–Crippen LogP) is 6.58. The first-order valence-corrected chi connectivity index (χ1v) is 8.97. The second-order valence-electron chi connectivity index (χ2n) is 6.64. The van der Waals surface area contributed by atoms with E-state index in [1.54, 1.807) is 0 Å². The molecule has 23 heavy (non-hydrogen) atoms. The fourth-order valence-electron chi connectivity index (χ4n) is 3.68. The lowest BCUT2D eigenvalue weighted by Crippen LogP contribution is -1.95. The van der Waals surface area contributed by atoms with Crippen LogP contribution in [-0.4, -0.2) is 0 Å². The molecule has 3 aromatic rings. The summed E-state index contributed by atoms with van der Waals surface area (Å²) in [4.78, 5) is 0. The van der Waals surface area contributed by atoms with Gasteiger partial charge < -0.3 is 0 Å². The summed E-state index contributed by atoms with van der Waals surface area (Å²) in [6, 6.07) is 0. The van der Waals surface area contributed by atoms with Crippen molar-refractivity contribution in [2.75, 3.05) is 0 Å². The van der Waals surface area contributed by atoms with Crippen LogP contribution < -0.4 is 0 Å². The van der Waals surface area contributed by atoms with Crippen molar-refractivity contribution in [1.82, 2.24) is 0 Å². The molecule has 0 amide bonds. The SMILES string of the molecule is CC#Cc1c(C)c(C)c2c(sc3c(C)c(C)c(C)c(C)c32)c1C. The first kappa shape index (κ1) is 16.1. The van der Waals surface area contributed by atoms with Crippen LogP contribution in [0.15, 0.2) is 0 Å². The van der Waals surface area contributed by atoms with Gasteiger partial charge in [-0.1, -0.05) is 5.92 Å². The smallest absolute Gasteiger partial charge is 0.0400 e. The molecule has 0 fully saturated rings. The lowest BCUT2D eigenvalue weighted by Gasteiger charge is -2.13. The van der Waals surface area contributed by atoms with Gasteiger partial charge in [0.2, 0.25) is 0 Å². The summed E-state index contributed by atoms with van der Waals surface area (Å²) in [6.07, 6.45) is 0. The van der Waals surface area contributed by atoms with E-state index in [2.05, 4.69) is 60.3 Å². The Bertz CT molecular complexity index is 1030. The van der Waals surface area contributed by atoms with Gasteiger partial charge in [0.05, 0.1) is 0 Å². The Morgan fingerprint density at radius 1 is 0.565 bits per heavy atom. The number of thiophene rings is 1. The maximum Gasteiger partial charge on any atom is 0.0400 e. The molecule has 1 heteroatoms. The van der Waals surface area contributed by atoms with E-state index in [1.165, 1.54) is 64.7 Å². The normalized spacial score (nSPS) is 11.1. The molecule has 1 aromatic heterocycles. The Morgan fingerprint density at radius 2 is 1.04 bits per heavy atom. The van der Waals surface area contributed by atoms with Gasteiger partial charge in [0, 0.05) is 25.7 Å². The summed E-state index contributed by atoms with van der Waals surface area (Å²) >= 11 is 1.95. The van der Waals surface area contributed by atoms with Gasteiger partial charge in [0.25, 0.3) is 0 Å². The van der Waals surface area contributed by atoms with Crippen LogP contribution in [0, 0.1) is 60.3 Å². The van der Waals surface area contributed by atoms with E-state index in [0.29, 0.717) is 0 Å². The molecule has 0 unspecified atom stereocenters. The molecule has 1 heterocycles. The second kappa shape index (κ2) is 5.39. The van der Waals surface area contributed by atoms with E-state index < -0.39 is 0 Å². The van der Waals surface area contributed by atoms with Crippen LogP contribution in [0.5, 0.6) is 0 Å². The topological polar surface area (TPSA) is 0 Å². The maximum absolute atomic E-state index is 3.33. The van der Waals surface area contributed by atoms with Gasteiger partial charge in [-0.15, -0.1) is 17.3 Å². The van der Waals surface area contributed by atoms with E-state index in [1.807, 2.05) is 18.3 Å². The lowest BCUT2D eigenvalue weighted by atomic mass is 9.90. The first-order valence-electron chi connectivity index (χ1n) is 8.16. The summed E-state index contributed by atoms with van der Waals surface area (Å²) in [5.41, 5.74) is 11.0. The third-order valence-electron chi connectivity index (χ3n) is 5.59. The van der Waals surface area contributed by atoms with Crippen molar-refractivity contribution in [2.45, 2.75) is 55.4 Å². The Kier molecular flexibility index (Phi) is 3.77. The van der Waals surface area contributed by atoms with Gasteiger partial charge in [-0.2, -0.15) is 0 Å². The fourth-order valence-corrected chi connectivity index (χ4v) is 5.16. The highest BCUT2D eigenvalue weighted by atomic mass is 32.1. The minimum absolute atomic E-state index is 1.22. The summed E-state index contributed by atoms with van der Waals surface area (Å²) in [7, 11) is 0. The molecule has 0 aliphatic carbocycles. The van der Waals surface area contributed by atoms with E-state index in [9.17, 15) is 0 Å². The third kappa shape index (κ3) is 2.05. The predicted molar refractivity (Wildman–Crippen MR) is 105 cm³/mol. The minimum atomic E-state index is 1.22. The Morgan fingerprint density at radius 3 is 1.61 bits per heavy atom. The van der Waals surface area contributed by atoms with Crippen LogP contribution in [0.1, 0.15) is 51.4 Å². The summed E-state index contributed by atoms with van der Waals surface area (Å²) in [6.45, 7) is 17.7. The number of fused-ring (bicyclic) bond motifs is 3. The largest absolute Gasteiger partial charge is 0.135 e. The standard InChI is InChI=1S/C22H24S/c1-9-10-18-13(4)15(6)20-19-14(5)11(2)12(3)16(7)21(19)23-22(20)17(18)8/h1-8H3. The molecular weight excluding hydrogens is 296 g/mol. The zero-order valence-electron chi connectivity index (χ0n) is 15.4. The molecule has 0 saturated heterocycles. The highest BCUT2D eigenvalue weighted by Gasteiger charge is 2.20. The zero-order chi connectivity index (χ0) is 17.0. The van der Waals surface area contributed by atoms with Gasteiger partial charge in [-0.25, -0.2) is 0 Å². The van der Waals surface area contributed by atoms with Crippen LogP contribution >= 0.6 is 11.3 Å². The van der Waals surface area contributed by atoms with E-state index in [0.717, 1.165) is 0 Å². The first-order chi connectivity index (χ1) is 10.8. The summed E-state index contributed by atoms with van der Waals surface area (Å²) in [5.74, 6) is 6.42. The van der Waals surface area contributed by atoms with Crippen molar-refractivity contribution < 1.29 is 0 Å². The van der Waals surface area contributed by atoms with Gasteiger partial charge in [0.15, 0.2) is 0 Å². The average Bonchev–Trinajstić information content (AvgIpc) is 2.93. The molecule has 0 spiro atoms. The zero-order valence-corrected chi connectivity index (χ0v) is 16.2. The van der Waals surface area contributed by atoms with Crippen LogP contribution in [0.4, 0.5) is 0 Å².